The highest BCUT2D eigenvalue weighted by atomic mass is 32.2. The van der Waals surface area contributed by atoms with Gasteiger partial charge in [0.05, 0.1) is 33.7 Å². The minimum atomic E-state index is -2.78. The van der Waals surface area contributed by atoms with E-state index < -0.39 is 14.5 Å². The number of ether oxygens (including phenoxy) is 1. The molecular weight excluding hydrogens is 388 g/mol. The van der Waals surface area contributed by atoms with Crippen molar-refractivity contribution in [2.24, 2.45) is 0 Å². The molecule has 0 amide bonds. The number of anilines is 1. The summed E-state index contributed by atoms with van der Waals surface area (Å²) in [5.74, 6) is 1.39. The van der Waals surface area contributed by atoms with E-state index in [1.165, 1.54) is 6.26 Å². The zero-order valence-corrected chi connectivity index (χ0v) is 17.3. The van der Waals surface area contributed by atoms with Crippen molar-refractivity contribution in [1.82, 2.24) is 19.9 Å². The van der Waals surface area contributed by atoms with E-state index in [9.17, 15) is 4.21 Å². The van der Waals surface area contributed by atoms with E-state index in [0.717, 1.165) is 40.8 Å². The first kappa shape index (κ1) is 18.5. The van der Waals surface area contributed by atoms with Crippen LogP contribution in [0.25, 0.3) is 22.4 Å². The van der Waals surface area contributed by atoms with E-state index in [1.54, 1.807) is 12.4 Å². The lowest BCUT2D eigenvalue weighted by Crippen LogP contribution is -2.45. The number of hydrogen-bond acceptors (Lipinski definition) is 7. The normalized spacial score (nSPS) is 23.1. The van der Waals surface area contributed by atoms with Gasteiger partial charge in [-0.15, -0.1) is 0 Å². The van der Waals surface area contributed by atoms with Crippen LogP contribution in [-0.2, 0) is 19.2 Å². The molecular formula is C20H24N6O2S. The zero-order chi connectivity index (χ0) is 20.2. The molecule has 1 aliphatic heterocycles. The third-order valence-electron chi connectivity index (χ3n) is 6.05. The summed E-state index contributed by atoms with van der Waals surface area (Å²) in [6, 6.07) is 4.03. The van der Waals surface area contributed by atoms with Gasteiger partial charge in [0.1, 0.15) is 11.5 Å². The highest BCUT2D eigenvalue weighted by molar-refractivity contribution is 7.93. The van der Waals surface area contributed by atoms with E-state index in [4.69, 9.17) is 14.5 Å². The Bertz CT molecular complexity index is 1180. The Morgan fingerprint density at radius 1 is 1.34 bits per heavy atom. The van der Waals surface area contributed by atoms with Gasteiger partial charge in [-0.1, -0.05) is 0 Å². The van der Waals surface area contributed by atoms with Crippen molar-refractivity contribution in [3.63, 3.8) is 0 Å². The second kappa shape index (κ2) is 6.50. The van der Waals surface area contributed by atoms with Crippen molar-refractivity contribution in [2.45, 2.75) is 30.6 Å². The Morgan fingerprint density at radius 2 is 2.17 bits per heavy atom. The fraction of sp³-hybridized carbons (Fsp3) is 0.450. The van der Waals surface area contributed by atoms with Gasteiger partial charge in [-0.3, -0.25) is 4.78 Å². The first-order valence-corrected chi connectivity index (χ1v) is 11.7. The Morgan fingerprint density at radius 3 is 2.90 bits per heavy atom. The third kappa shape index (κ3) is 2.91. The SMILES string of the molecule is C[C@@H]1COCCN1c1nc(-c2ccnc3[nH]ccc23)ncc1C1(S(C)(=N)=O)CC1. The molecule has 3 aromatic heterocycles. The van der Waals surface area contributed by atoms with Crippen LogP contribution < -0.4 is 4.90 Å². The van der Waals surface area contributed by atoms with Gasteiger partial charge < -0.3 is 14.6 Å². The summed E-state index contributed by atoms with van der Waals surface area (Å²) in [6.07, 6.45) is 8.39. The monoisotopic (exact) mass is 412 g/mol. The average molecular weight is 413 g/mol. The number of aromatic amines is 1. The van der Waals surface area contributed by atoms with Gasteiger partial charge in [0.25, 0.3) is 0 Å². The molecule has 3 aromatic rings. The Kier molecular flexibility index (Phi) is 4.15. The molecule has 0 aromatic carbocycles. The fourth-order valence-corrected chi connectivity index (χ4v) is 5.67. The lowest BCUT2D eigenvalue weighted by atomic mass is 10.1. The third-order valence-corrected chi connectivity index (χ3v) is 8.17. The summed E-state index contributed by atoms with van der Waals surface area (Å²) < 4.78 is 26.1. The number of nitrogens with one attached hydrogen (secondary N) is 2. The minimum absolute atomic E-state index is 0.143. The molecule has 8 nitrogen and oxygen atoms in total. The van der Waals surface area contributed by atoms with Gasteiger partial charge in [-0.05, 0) is 31.9 Å². The standard InChI is InChI=1S/C20H24N6O2S/c1-13-12-28-10-9-26(13)19-16(20(5-6-20)29(2,21)27)11-24-18(25-19)15-4-8-23-17-14(15)3-7-22-17/h3-4,7-8,11,13,21H,5-6,9-10,12H2,1-2H3,(H,22,23)/t13-,29?/m1/s1. The highest BCUT2D eigenvalue weighted by Gasteiger charge is 2.54. The number of hydrogen-bond donors (Lipinski definition) is 2. The maximum absolute atomic E-state index is 12.8. The topological polar surface area (TPSA) is 108 Å². The lowest BCUT2D eigenvalue weighted by Gasteiger charge is -2.36. The number of pyridine rings is 1. The Hall–Kier alpha value is -2.52. The smallest absolute Gasteiger partial charge is 0.162 e. The number of H-pyrrole nitrogens is 1. The summed E-state index contributed by atoms with van der Waals surface area (Å²) in [5, 5.41) is 0.960. The second-order valence-corrected chi connectivity index (χ2v) is 10.5. The molecule has 0 spiro atoms. The van der Waals surface area contributed by atoms with Crippen LogP contribution in [-0.4, -0.2) is 56.2 Å². The van der Waals surface area contributed by atoms with Crippen molar-refractivity contribution in [3.05, 3.63) is 36.3 Å². The predicted molar refractivity (Wildman–Crippen MR) is 112 cm³/mol. The highest BCUT2D eigenvalue weighted by Crippen LogP contribution is 2.55. The molecule has 5 rings (SSSR count). The van der Waals surface area contributed by atoms with Crippen LogP contribution in [0.4, 0.5) is 5.82 Å². The average Bonchev–Trinajstić information content (AvgIpc) is 3.39. The largest absolute Gasteiger partial charge is 0.377 e. The van der Waals surface area contributed by atoms with Crippen LogP contribution in [0.3, 0.4) is 0 Å². The second-order valence-electron chi connectivity index (χ2n) is 7.98. The van der Waals surface area contributed by atoms with Crippen LogP contribution in [0.15, 0.2) is 30.7 Å². The predicted octanol–water partition coefficient (Wildman–Crippen LogP) is 2.91. The molecule has 9 heteroatoms. The van der Waals surface area contributed by atoms with Gasteiger partial charge in [0, 0.05) is 47.9 Å². The number of rotatable bonds is 4. The molecule has 29 heavy (non-hydrogen) atoms. The summed E-state index contributed by atoms with van der Waals surface area (Å²) in [4.78, 5) is 19.3. The van der Waals surface area contributed by atoms with Gasteiger partial charge in [0.2, 0.25) is 0 Å². The minimum Gasteiger partial charge on any atom is -0.377 e. The van der Waals surface area contributed by atoms with Crippen molar-refractivity contribution in [3.8, 4) is 11.4 Å². The maximum atomic E-state index is 12.8. The number of morpholine rings is 1. The molecule has 2 fully saturated rings. The number of fused-ring (bicyclic) bond motifs is 1. The lowest BCUT2D eigenvalue weighted by molar-refractivity contribution is 0.0984. The zero-order valence-electron chi connectivity index (χ0n) is 16.5. The molecule has 0 bridgehead atoms. The number of aromatic nitrogens is 4. The maximum Gasteiger partial charge on any atom is 0.162 e. The molecule has 2 N–H and O–H groups in total. The van der Waals surface area contributed by atoms with Crippen molar-refractivity contribution >= 4 is 26.6 Å². The summed E-state index contributed by atoms with van der Waals surface area (Å²) in [5.41, 5.74) is 2.52. The van der Waals surface area contributed by atoms with E-state index in [0.29, 0.717) is 25.6 Å². The first-order chi connectivity index (χ1) is 13.9. The van der Waals surface area contributed by atoms with Crippen molar-refractivity contribution < 1.29 is 8.95 Å². The van der Waals surface area contributed by atoms with Gasteiger partial charge in [0.15, 0.2) is 5.82 Å². The molecule has 1 unspecified atom stereocenters. The molecule has 0 radical (unpaired) electrons. The van der Waals surface area contributed by atoms with Crippen LogP contribution >= 0.6 is 0 Å². The molecule has 1 saturated carbocycles. The summed E-state index contributed by atoms with van der Waals surface area (Å²) >= 11 is 0. The molecule has 1 saturated heterocycles. The van der Waals surface area contributed by atoms with Gasteiger partial charge in [-0.2, -0.15) is 0 Å². The van der Waals surface area contributed by atoms with E-state index >= 15 is 0 Å². The van der Waals surface area contributed by atoms with Gasteiger partial charge >= 0.3 is 0 Å². The summed E-state index contributed by atoms with van der Waals surface area (Å²) in [6.45, 7) is 4.05. The first-order valence-electron chi connectivity index (χ1n) is 9.78. The summed E-state index contributed by atoms with van der Waals surface area (Å²) in [7, 11) is -2.78. The Balaban J connectivity index is 1.71. The molecule has 1 aliphatic carbocycles. The number of nitrogens with zero attached hydrogens (tertiary/aromatic N) is 4. The van der Waals surface area contributed by atoms with Crippen molar-refractivity contribution in [2.75, 3.05) is 30.9 Å². The van der Waals surface area contributed by atoms with Gasteiger partial charge in [-0.25, -0.2) is 19.2 Å². The van der Waals surface area contributed by atoms with E-state index in [1.807, 2.05) is 18.3 Å². The quantitative estimate of drug-likeness (QED) is 0.682. The molecule has 4 heterocycles. The molecule has 2 aliphatic rings. The van der Waals surface area contributed by atoms with Crippen LogP contribution in [0.2, 0.25) is 0 Å². The Labute approximate surface area is 169 Å². The van der Waals surface area contributed by atoms with Crippen LogP contribution in [0, 0.1) is 4.78 Å². The van der Waals surface area contributed by atoms with E-state index in [2.05, 4.69) is 26.8 Å². The van der Waals surface area contributed by atoms with E-state index in [-0.39, 0.29) is 6.04 Å². The van der Waals surface area contributed by atoms with Crippen LogP contribution in [0.1, 0.15) is 25.3 Å². The fourth-order valence-electron chi connectivity index (χ4n) is 4.22. The molecule has 2 atom stereocenters. The molecule has 152 valence electrons. The van der Waals surface area contributed by atoms with Crippen molar-refractivity contribution in [1.29, 1.82) is 4.78 Å². The van der Waals surface area contributed by atoms with Crippen LogP contribution in [0.5, 0.6) is 0 Å².